The van der Waals surface area contributed by atoms with E-state index in [0.29, 0.717) is 4.31 Å². The van der Waals surface area contributed by atoms with E-state index >= 15 is 0 Å². The highest BCUT2D eigenvalue weighted by molar-refractivity contribution is 7.87. The van der Waals surface area contributed by atoms with Crippen LogP contribution in [0.4, 0.5) is 13.2 Å². The molecule has 0 bridgehead atoms. The fourth-order valence-electron chi connectivity index (χ4n) is 0.960. The molecule has 0 radical (unpaired) electrons. The lowest BCUT2D eigenvalue weighted by atomic mass is 10.2. The molecule has 1 N–H and O–H groups in total. The van der Waals surface area contributed by atoms with Crippen LogP contribution >= 0.6 is 0 Å². The molecule has 1 aromatic rings. The smallest absolute Gasteiger partial charge is 0.268 e. The van der Waals surface area contributed by atoms with Crippen LogP contribution in [0.2, 0.25) is 0 Å². The van der Waals surface area contributed by atoms with Crippen molar-refractivity contribution in [2.75, 3.05) is 14.1 Å². The molecule has 0 aliphatic carbocycles. The first-order valence-electron chi connectivity index (χ1n) is 4.54. The Morgan fingerprint density at radius 1 is 1.11 bits per heavy atom. The van der Waals surface area contributed by atoms with Crippen molar-refractivity contribution in [3.8, 4) is 0 Å². The van der Waals surface area contributed by atoms with Crippen LogP contribution in [-0.2, 0) is 10.2 Å². The lowest BCUT2D eigenvalue weighted by molar-refractivity contribution is 0.0975. The standard InChI is InChI=1S/C9H9F3N2O3S/c1-14(2)18(16,17)13-9(15)5-3-7(11)8(12)4-6(5)10/h3-4H,1-2H3,(H,13,15). The van der Waals surface area contributed by atoms with Crippen LogP contribution in [-0.4, -0.2) is 32.7 Å². The molecule has 100 valence electrons. The molecule has 1 amide bonds. The molecule has 0 saturated heterocycles. The van der Waals surface area contributed by atoms with Gasteiger partial charge in [0, 0.05) is 20.2 Å². The minimum atomic E-state index is -4.13. The van der Waals surface area contributed by atoms with Gasteiger partial charge in [-0.05, 0) is 6.07 Å². The summed E-state index contributed by atoms with van der Waals surface area (Å²) >= 11 is 0. The van der Waals surface area contributed by atoms with Gasteiger partial charge in [-0.25, -0.2) is 17.9 Å². The molecule has 0 heterocycles. The van der Waals surface area contributed by atoms with Gasteiger partial charge in [0.2, 0.25) is 0 Å². The fraction of sp³-hybridized carbons (Fsp3) is 0.222. The molecule has 0 unspecified atom stereocenters. The average molecular weight is 282 g/mol. The Kier molecular flexibility index (Phi) is 3.97. The molecule has 5 nitrogen and oxygen atoms in total. The summed E-state index contributed by atoms with van der Waals surface area (Å²) < 4.78 is 63.3. The Hall–Kier alpha value is -1.61. The highest BCUT2D eigenvalue weighted by atomic mass is 32.2. The van der Waals surface area contributed by atoms with E-state index in [1.165, 1.54) is 4.72 Å². The van der Waals surface area contributed by atoms with E-state index < -0.39 is 39.1 Å². The molecular weight excluding hydrogens is 273 g/mol. The minimum absolute atomic E-state index is 0.159. The van der Waals surface area contributed by atoms with Crippen molar-refractivity contribution in [2.45, 2.75) is 0 Å². The van der Waals surface area contributed by atoms with Crippen molar-refractivity contribution < 1.29 is 26.4 Å². The molecule has 1 rings (SSSR count). The van der Waals surface area contributed by atoms with E-state index in [9.17, 15) is 26.4 Å². The van der Waals surface area contributed by atoms with Gasteiger partial charge < -0.3 is 0 Å². The Labute approximate surface area is 101 Å². The Morgan fingerprint density at radius 2 is 1.61 bits per heavy atom. The number of hydrogen-bond donors (Lipinski definition) is 1. The van der Waals surface area contributed by atoms with E-state index in [-0.39, 0.29) is 12.1 Å². The third-order valence-electron chi connectivity index (χ3n) is 1.96. The van der Waals surface area contributed by atoms with Crippen molar-refractivity contribution in [1.29, 1.82) is 0 Å². The highest BCUT2D eigenvalue weighted by Crippen LogP contribution is 2.13. The number of carbonyl (C=O) groups excluding carboxylic acids is 1. The molecule has 0 fully saturated rings. The summed E-state index contributed by atoms with van der Waals surface area (Å²) in [6.07, 6.45) is 0. The maximum atomic E-state index is 13.2. The number of benzene rings is 1. The first-order valence-corrected chi connectivity index (χ1v) is 5.98. The van der Waals surface area contributed by atoms with E-state index in [4.69, 9.17) is 0 Å². The van der Waals surface area contributed by atoms with Crippen molar-refractivity contribution in [3.63, 3.8) is 0 Å². The van der Waals surface area contributed by atoms with Gasteiger partial charge in [-0.2, -0.15) is 12.7 Å². The summed E-state index contributed by atoms with van der Waals surface area (Å²) in [6, 6.07) is 0.442. The van der Waals surface area contributed by atoms with E-state index in [2.05, 4.69) is 0 Å². The second-order valence-corrected chi connectivity index (χ2v) is 5.35. The van der Waals surface area contributed by atoms with Gasteiger partial charge in [0.1, 0.15) is 5.82 Å². The van der Waals surface area contributed by atoms with Crippen LogP contribution in [0.25, 0.3) is 0 Å². The predicted octanol–water partition coefficient (Wildman–Crippen LogP) is 0.640. The van der Waals surface area contributed by atoms with Gasteiger partial charge in [-0.15, -0.1) is 0 Å². The second-order valence-electron chi connectivity index (χ2n) is 3.46. The maximum absolute atomic E-state index is 13.2. The third-order valence-corrected chi connectivity index (χ3v) is 3.36. The quantitative estimate of drug-likeness (QED) is 0.827. The second kappa shape index (κ2) is 4.94. The first kappa shape index (κ1) is 14.5. The summed E-state index contributed by atoms with van der Waals surface area (Å²) in [5.74, 6) is -5.68. The van der Waals surface area contributed by atoms with Gasteiger partial charge in [0.25, 0.3) is 5.91 Å². The lowest BCUT2D eigenvalue weighted by Gasteiger charge is -2.12. The molecule has 0 aliphatic heterocycles. The van der Waals surface area contributed by atoms with Gasteiger partial charge in [0.05, 0.1) is 5.56 Å². The Bertz CT molecular complexity index is 587. The van der Waals surface area contributed by atoms with Crippen LogP contribution in [0, 0.1) is 17.5 Å². The zero-order valence-electron chi connectivity index (χ0n) is 9.37. The first-order chi connectivity index (χ1) is 8.15. The molecule has 0 atom stereocenters. The molecule has 18 heavy (non-hydrogen) atoms. The number of amides is 1. The number of nitrogens with one attached hydrogen (secondary N) is 1. The number of rotatable bonds is 3. The van der Waals surface area contributed by atoms with Gasteiger partial charge >= 0.3 is 10.2 Å². The van der Waals surface area contributed by atoms with E-state index in [1.807, 2.05) is 0 Å². The number of nitrogens with zero attached hydrogens (tertiary/aromatic N) is 1. The normalized spacial score (nSPS) is 11.7. The zero-order valence-corrected chi connectivity index (χ0v) is 10.2. The molecule has 1 aromatic carbocycles. The van der Waals surface area contributed by atoms with E-state index in [0.717, 1.165) is 14.1 Å². The van der Waals surface area contributed by atoms with Gasteiger partial charge in [0.15, 0.2) is 11.6 Å². The van der Waals surface area contributed by atoms with Crippen LogP contribution in [0.1, 0.15) is 10.4 Å². The number of hydrogen-bond acceptors (Lipinski definition) is 3. The third kappa shape index (κ3) is 2.99. The van der Waals surface area contributed by atoms with Crippen molar-refractivity contribution >= 4 is 16.1 Å². The molecule has 9 heteroatoms. The molecule has 0 aliphatic rings. The SMILES string of the molecule is CN(C)S(=O)(=O)NC(=O)c1cc(F)c(F)cc1F. The molecule has 0 spiro atoms. The fourth-order valence-corrected chi connectivity index (χ4v) is 1.49. The molecule has 0 saturated carbocycles. The maximum Gasteiger partial charge on any atom is 0.303 e. The summed E-state index contributed by atoms with van der Waals surface area (Å²) in [5, 5.41) is 0. The number of carbonyl (C=O) groups is 1. The average Bonchev–Trinajstić information content (AvgIpc) is 2.22. The molecule has 0 aromatic heterocycles. The monoisotopic (exact) mass is 282 g/mol. The topological polar surface area (TPSA) is 66.5 Å². The summed E-state index contributed by atoms with van der Waals surface area (Å²) in [4.78, 5) is 11.4. The summed E-state index contributed by atoms with van der Waals surface area (Å²) in [5.41, 5.74) is -0.903. The van der Waals surface area contributed by atoms with Gasteiger partial charge in [-0.1, -0.05) is 0 Å². The highest BCUT2D eigenvalue weighted by Gasteiger charge is 2.22. The zero-order chi connectivity index (χ0) is 14.1. The van der Waals surface area contributed by atoms with Gasteiger partial charge in [-0.3, -0.25) is 4.79 Å². The largest absolute Gasteiger partial charge is 0.303 e. The number of halogens is 3. The Balaban J connectivity index is 3.10. The van der Waals surface area contributed by atoms with E-state index in [1.54, 1.807) is 0 Å². The van der Waals surface area contributed by atoms with Crippen LogP contribution in [0.15, 0.2) is 12.1 Å². The molecular formula is C9H9F3N2O3S. The summed E-state index contributed by atoms with van der Waals surface area (Å²) in [6.45, 7) is 0. The van der Waals surface area contributed by atoms with Crippen molar-refractivity contribution in [2.24, 2.45) is 0 Å². The predicted molar refractivity (Wildman–Crippen MR) is 56.4 cm³/mol. The minimum Gasteiger partial charge on any atom is -0.268 e. The van der Waals surface area contributed by atoms with Crippen molar-refractivity contribution in [1.82, 2.24) is 9.03 Å². The Morgan fingerprint density at radius 3 is 2.11 bits per heavy atom. The van der Waals surface area contributed by atoms with Crippen LogP contribution < -0.4 is 4.72 Å². The summed E-state index contributed by atoms with van der Waals surface area (Å²) in [7, 11) is -1.86. The van der Waals surface area contributed by atoms with Crippen molar-refractivity contribution in [3.05, 3.63) is 35.1 Å². The van der Waals surface area contributed by atoms with Crippen LogP contribution in [0.5, 0.6) is 0 Å². The lowest BCUT2D eigenvalue weighted by Crippen LogP contribution is -2.39. The van der Waals surface area contributed by atoms with Crippen LogP contribution in [0.3, 0.4) is 0 Å².